The van der Waals surface area contributed by atoms with Crippen LogP contribution in [0.5, 0.6) is 0 Å². The highest BCUT2D eigenvalue weighted by Gasteiger charge is 2.48. The SMILES string of the molecule is CCN1c2ccc(C(F)(F)F)cc2NC(=O)C12CCCCC2. The molecule has 3 rings (SSSR count). The van der Waals surface area contributed by atoms with Gasteiger partial charge < -0.3 is 10.2 Å². The average molecular weight is 312 g/mol. The van der Waals surface area contributed by atoms with E-state index in [0.717, 1.165) is 44.2 Å². The number of nitrogens with one attached hydrogen (secondary N) is 1. The molecule has 1 aliphatic heterocycles. The smallest absolute Gasteiger partial charge is 0.356 e. The van der Waals surface area contributed by atoms with Gasteiger partial charge in [0.15, 0.2) is 0 Å². The van der Waals surface area contributed by atoms with E-state index in [9.17, 15) is 18.0 Å². The second-order valence-corrected chi connectivity index (χ2v) is 6.02. The Morgan fingerprint density at radius 3 is 2.50 bits per heavy atom. The fraction of sp³-hybridized carbons (Fsp3) is 0.562. The predicted octanol–water partition coefficient (Wildman–Crippen LogP) is 4.19. The Hall–Kier alpha value is -1.72. The highest BCUT2D eigenvalue weighted by Crippen LogP contribution is 2.45. The van der Waals surface area contributed by atoms with Gasteiger partial charge in [0.25, 0.3) is 0 Å². The number of rotatable bonds is 1. The number of anilines is 2. The molecule has 1 amide bonds. The van der Waals surface area contributed by atoms with Crippen LogP contribution in [0.2, 0.25) is 0 Å². The van der Waals surface area contributed by atoms with Crippen LogP contribution in [0, 0.1) is 0 Å². The normalized spacial score (nSPS) is 20.7. The average Bonchev–Trinajstić information content (AvgIpc) is 2.48. The third-order valence-corrected chi connectivity index (χ3v) is 4.80. The van der Waals surface area contributed by atoms with E-state index in [0.29, 0.717) is 12.2 Å². The molecule has 120 valence electrons. The minimum absolute atomic E-state index is 0.166. The molecule has 1 N–H and O–H groups in total. The van der Waals surface area contributed by atoms with Gasteiger partial charge in [-0.05, 0) is 38.0 Å². The van der Waals surface area contributed by atoms with Gasteiger partial charge in [-0.1, -0.05) is 19.3 Å². The first-order valence-corrected chi connectivity index (χ1v) is 7.69. The number of halogens is 3. The van der Waals surface area contributed by atoms with E-state index in [1.54, 1.807) is 0 Å². The summed E-state index contributed by atoms with van der Waals surface area (Å²) >= 11 is 0. The first kappa shape index (κ1) is 15.2. The van der Waals surface area contributed by atoms with Crippen LogP contribution in [0.1, 0.15) is 44.6 Å². The summed E-state index contributed by atoms with van der Waals surface area (Å²) in [5.74, 6) is -0.166. The molecular formula is C16H19F3N2O. The van der Waals surface area contributed by atoms with Crippen molar-refractivity contribution in [3.05, 3.63) is 23.8 Å². The summed E-state index contributed by atoms with van der Waals surface area (Å²) in [6.45, 7) is 2.54. The van der Waals surface area contributed by atoms with Crippen molar-refractivity contribution in [2.45, 2.75) is 50.7 Å². The molecule has 2 aliphatic rings. The highest BCUT2D eigenvalue weighted by atomic mass is 19.4. The number of benzene rings is 1. The summed E-state index contributed by atoms with van der Waals surface area (Å²) in [5, 5.41) is 2.72. The lowest BCUT2D eigenvalue weighted by Gasteiger charge is -2.49. The van der Waals surface area contributed by atoms with E-state index < -0.39 is 17.3 Å². The predicted molar refractivity (Wildman–Crippen MR) is 78.9 cm³/mol. The number of alkyl halides is 3. The minimum Gasteiger partial charge on any atom is -0.356 e. The molecular weight excluding hydrogens is 293 g/mol. The number of likely N-dealkylation sites (N-methyl/N-ethyl adjacent to an activating group) is 1. The van der Waals surface area contributed by atoms with Crippen LogP contribution in [0.25, 0.3) is 0 Å². The summed E-state index contributed by atoms with van der Waals surface area (Å²) in [4.78, 5) is 14.6. The van der Waals surface area contributed by atoms with Gasteiger partial charge in [-0.15, -0.1) is 0 Å². The number of hydrogen-bond acceptors (Lipinski definition) is 2. The second kappa shape index (κ2) is 5.18. The van der Waals surface area contributed by atoms with Gasteiger partial charge in [-0.25, -0.2) is 0 Å². The Kier molecular flexibility index (Phi) is 3.57. The molecule has 0 unspecified atom stereocenters. The highest BCUT2D eigenvalue weighted by molar-refractivity contribution is 6.06. The molecule has 0 aromatic heterocycles. The maximum absolute atomic E-state index is 12.9. The van der Waals surface area contributed by atoms with Crippen molar-refractivity contribution in [1.82, 2.24) is 0 Å². The Morgan fingerprint density at radius 2 is 1.91 bits per heavy atom. The van der Waals surface area contributed by atoms with Crippen molar-refractivity contribution in [1.29, 1.82) is 0 Å². The van der Waals surface area contributed by atoms with Crippen molar-refractivity contribution < 1.29 is 18.0 Å². The molecule has 1 spiro atoms. The monoisotopic (exact) mass is 312 g/mol. The summed E-state index contributed by atoms with van der Waals surface area (Å²) in [6, 6.07) is 3.61. The first-order valence-electron chi connectivity index (χ1n) is 7.69. The van der Waals surface area contributed by atoms with Crippen LogP contribution >= 0.6 is 0 Å². The third-order valence-electron chi connectivity index (χ3n) is 4.80. The lowest BCUT2D eigenvalue weighted by atomic mass is 9.77. The van der Waals surface area contributed by atoms with E-state index in [1.807, 2.05) is 11.8 Å². The van der Waals surface area contributed by atoms with Crippen molar-refractivity contribution in [2.24, 2.45) is 0 Å². The van der Waals surface area contributed by atoms with Crippen LogP contribution in [-0.2, 0) is 11.0 Å². The van der Waals surface area contributed by atoms with Gasteiger partial charge in [0.2, 0.25) is 5.91 Å². The lowest BCUT2D eigenvalue weighted by Crippen LogP contribution is -2.60. The molecule has 0 radical (unpaired) electrons. The number of carbonyl (C=O) groups excluding carboxylic acids is 1. The van der Waals surface area contributed by atoms with Gasteiger partial charge >= 0.3 is 6.18 Å². The van der Waals surface area contributed by atoms with Crippen molar-refractivity contribution in [3.8, 4) is 0 Å². The third kappa shape index (κ3) is 2.25. The number of amides is 1. The van der Waals surface area contributed by atoms with Gasteiger partial charge in [0.05, 0.1) is 16.9 Å². The summed E-state index contributed by atoms with van der Waals surface area (Å²) in [7, 11) is 0. The molecule has 0 saturated heterocycles. The minimum atomic E-state index is -4.41. The molecule has 1 aliphatic carbocycles. The number of fused-ring (bicyclic) bond motifs is 1. The number of nitrogens with zero attached hydrogens (tertiary/aromatic N) is 1. The van der Waals surface area contributed by atoms with Crippen LogP contribution in [0.15, 0.2) is 18.2 Å². The Balaban J connectivity index is 2.06. The summed E-state index contributed by atoms with van der Waals surface area (Å²) in [6.07, 6.45) is 0.156. The second-order valence-electron chi connectivity index (χ2n) is 6.02. The summed E-state index contributed by atoms with van der Waals surface area (Å²) < 4.78 is 38.6. The largest absolute Gasteiger partial charge is 0.416 e. The Labute approximate surface area is 127 Å². The van der Waals surface area contributed by atoms with E-state index in [2.05, 4.69) is 5.32 Å². The van der Waals surface area contributed by atoms with Crippen molar-refractivity contribution in [3.63, 3.8) is 0 Å². The van der Waals surface area contributed by atoms with Gasteiger partial charge in [0.1, 0.15) is 5.54 Å². The molecule has 0 atom stereocenters. The standard InChI is InChI=1S/C16H19F3N2O/c1-2-21-13-7-6-11(16(17,18)19)10-12(13)20-14(22)15(21)8-4-3-5-9-15/h6-7,10H,2-5,8-9H2,1H3,(H,20,22). The maximum atomic E-state index is 12.9. The zero-order valence-electron chi connectivity index (χ0n) is 12.5. The van der Waals surface area contributed by atoms with E-state index >= 15 is 0 Å². The van der Waals surface area contributed by atoms with Crippen LogP contribution < -0.4 is 10.2 Å². The van der Waals surface area contributed by atoms with E-state index in [-0.39, 0.29) is 11.6 Å². The lowest BCUT2D eigenvalue weighted by molar-refractivity contribution is -0.137. The molecule has 3 nitrogen and oxygen atoms in total. The van der Waals surface area contributed by atoms with Crippen molar-refractivity contribution >= 4 is 17.3 Å². The number of carbonyl (C=O) groups is 1. The first-order chi connectivity index (χ1) is 10.4. The fourth-order valence-corrected chi connectivity index (χ4v) is 3.75. The molecule has 1 saturated carbocycles. The molecule has 6 heteroatoms. The fourth-order valence-electron chi connectivity index (χ4n) is 3.75. The van der Waals surface area contributed by atoms with Crippen LogP contribution in [0.3, 0.4) is 0 Å². The maximum Gasteiger partial charge on any atom is 0.416 e. The topological polar surface area (TPSA) is 32.3 Å². The van der Waals surface area contributed by atoms with Gasteiger partial charge in [0, 0.05) is 6.54 Å². The molecule has 1 aromatic rings. The molecule has 1 heterocycles. The van der Waals surface area contributed by atoms with Gasteiger partial charge in [-0.3, -0.25) is 4.79 Å². The Bertz CT molecular complexity index is 592. The molecule has 0 bridgehead atoms. The van der Waals surface area contributed by atoms with Crippen LogP contribution in [-0.4, -0.2) is 18.0 Å². The Morgan fingerprint density at radius 1 is 1.23 bits per heavy atom. The zero-order chi connectivity index (χ0) is 16.0. The van der Waals surface area contributed by atoms with E-state index in [4.69, 9.17) is 0 Å². The molecule has 22 heavy (non-hydrogen) atoms. The van der Waals surface area contributed by atoms with Crippen molar-refractivity contribution in [2.75, 3.05) is 16.8 Å². The molecule has 1 aromatic carbocycles. The zero-order valence-corrected chi connectivity index (χ0v) is 12.5. The van der Waals surface area contributed by atoms with Crippen LogP contribution in [0.4, 0.5) is 24.5 Å². The molecule has 1 fully saturated rings. The quantitative estimate of drug-likeness (QED) is 0.843. The number of hydrogen-bond donors (Lipinski definition) is 1. The van der Waals surface area contributed by atoms with Gasteiger partial charge in [-0.2, -0.15) is 13.2 Å². The van der Waals surface area contributed by atoms with E-state index in [1.165, 1.54) is 6.07 Å². The summed E-state index contributed by atoms with van der Waals surface area (Å²) in [5.41, 5.74) is -0.378.